The molecule has 0 aromatic heterocycles. The normalized spacial score (nSPS) is 16.7. The molecule has 72 heavy (non-hydrogen) atoms. The number of benzene rings is 6. The van der Waals surface area contributed by atoms with Crippen molar-refractivity contribution in [3.8, 4) is 17.2 Å². The Balaban J connectivity index is 0.000000178. The van der Waals surface area contributed by atoms with E-state index in [1.807, 2.05) is 100 Å². The molecule has 6 aromatic rings. The first-order valence-corrected chi connectivity index (χ1v) is 26.4. The first kappa shape index (κ1) is 51.1. The van der Waals surface area contributed by atoms with Gasteiger partial charge >= 0.3 is 0 Å². The Morgan fingerprint density at radius 3 is 1.51 bits per heavy atom. The van der Waals surface area contributed by atoms with Crippen LogP contribution in [0, 0.1) is 0 Å². The van der Waals surface area contributed by atoms with Crippen molar-refractivity contribution in [2.75, 3.05) is 89.1 Å². The zero-order valence-corrected chi connectivity index (χ0v) is 44.8. The van der Waals surface area contributed by atoms with Crippen LogP contribution >= 0.6 is 23.2 Å². The molecule has 0 fully saturated rings. The molecule has 2 aliphatic heterocycles. The van der Waals surface area contributed by atoms with Crippen molar-refractivity contribution in [1.82, 2.24) is 9.80 Å². The number of hydrogen-bond acceptors (Lipinski definition) is 7. The van der Waals surface area contributed by atoms with Crippen LogP contribution in [-0.4, -0.2) is 107 Å². The van der Waals surface area contributed by atoms with E-state index in [4.69, 9.17) is 37.4 Å². The van der Waals surface area contributed by atoms with E-state index in [-0.39, 0.29) is 35.2 Å². The quantitative estimate of drug-likeness (QED) is 0.101. The van der Waals surface area contributed by atoms with Gasteiger partial charge < -0.3 is 33.8 Å². The van der Waals surface area contributed by atoms with Crippen LogP contribution in [0.1, 0.15) is 85.4 Å². The first-order chi connectivity index (χ1) is 34.5. The minimum atomic E-state index is -0.0474. The zero-order chi connectivity index (χ0) is 51.0. The topological polar surface area (TPSA) is 74.8 Å². The highest BCUT2D eigenvalue weighted by Gasteiger charge is 2.39. The highest BCUT2D eigenvalue weighted by Crippen LogP contribution is 2.48. The molecule has 0 bridgehead atoms. The number of ether oxygens (including phenoxy) is 3. The van der Waals surface area contributed by atoms with Gasteiger partial charge in [-0.3, -0.25) is 9.59 Å². The number of hydrogen-bond donors (Lipinski definition) is 0. The van der Waals surface area contributed by atoms with Gasteiger partial charge in [-0.05, 0) is 145 Å². The molecule has 11 heteroatoms. The molecule has 9 nitrogen and oxygen atoms in total. The minimum absolute atomic E-state index is 0.0286. The van der Waals surface area contributed by atoms with E-state index >= 15 is 0 Å². The fourth-order valence-electron chi connectivity index (χ4n) is 10.6. The van der Waals surface area contributed by atoms with E-state index in [0.29, 0.717) is 50.9 Å². The second-order valence-corrected chi connectivity index (χ2v) is 22.0. The lowest BCUT2D eigenvalue weighted by Gasteiger charge is -2.25. The largest absolute Gasteiger partial charge is 0.492 e. The minimum Gasteiger partial charge on any atom is -0.492 e. The maximum absolute atomic E-state index is 13.9. The maximum Gasteiger partial charge on any atom is 0.254 e. The molecule has 0 saturated carbocycles. The van der Waals surface area contributed by atoms with E-state index in [9.17, 15) is 9.59 Å². The number of alkyl halides is 2. The molecule has 6 aromatic carbocycles. The van der Waals surface area contributed by atoms with Crippen LogP contribution in [0.15, 0.2) is 108 Å². The number of carbonyl (C=O) groups is 2. The molecule has 0 N–H and O–H groups in total. The average Bonchev–Trinajstić information content (AvgIpc) is 4.15. The SMILES string of the molecule is CC(C)Oc1cc2c(c3ccccc13)[C@H](CCl)CN2C(=O)C1=Cc2cc(OCCN(C)C)ccc2C1.CN(C)CCOc1ccc2c(c1)C=C(C(=O)N1C[C@@H](CCl)c3c1cc(C(C)(C)C)c1ccccc31)C2. The summed E-state index contributed by atoms with van der Waals surface area (Å²) in [6.45, 7) is 14.9. The first-order valence-electron chi connectivity index (χ1n) is 25.3. The van der Waals surface area contributed by atoms with Crippen molar-refractivity contribution in [3.05, 3.63) is 147 Å². The van der Waals surface area contributed by atoms with Crippen molar-refractivity contribution >= 4 is 80.1 Å². The molecule has 2 amide bonds. The third-order valence-corrected chi connectivity index (χ3v) is 14.9. The number of anilines is 2. The van der Waals surface area contributed by atoms with Gasteiger partial charge in [-0.2, -0.15) is 0 Å². The molecule has 0 radical (unpaired) electrons. The van der Waals surface area contributed by atoms with Crippen LogP contribution in [0.5, 0.6) is 17.2 Å². The van der Waals surface area contributed by atoms with Crippen molar-refractivity contribution in [3.63, 3.8) is 0 Å². The number of halogens is 2. The molecule has 4 aliphatic rings. The van der Waals surface area contributed by atoms with Gasteiger partial charge in [-0.1, -0.05) is 81.4 Å². The summed E-state index contributed by atoms with van der Waals surface area (Å²) in [7, 11) is 8.12. The van der Waals surface area contributed by atoms with Crippen molar-refractivity contribution < 1.29 is 23.8 Å². The number of likely N-dealkylation sites (N-methyl/N-ethyl adjacent to an activating group) is 2. The Hall–Kier alpha value is -5.84. The molecule has 2 aliphatic carbocycles. The van der Waals surface area contributed by atoms with Crippen LogP contribution < -0.4 is 24.0 Å². The number of nitrogens with zero attached hydrogens (tertiary/aromatic N) is 4. The van der Waals surface area contributed by atoms with Crippen LogP contribution in [0.2, 0.25) is 0 Å². The van der Waals surface area contributed by atoms with E-state index in [2.05, 4.69) is 91.2 Å². The highest BCUT2D eigenvalue weighted by molar-refractivity contribution is 6.20. The van der Waals surface area contributed by atoms with Crippen LogP contribution in [-0.2, 0) is 27.8 Å². The summed E-state index contributed by atoms with van der Waals surface area (Å²) >= 11 is 12.9. The van der Waals surface area contributed by atoms with Gasteiger partial charge in [-0.15, -0.1) is 23.2 Å². The van der Waals surface area contributed by atoms with E-state index in [1.165, 1.54) is 27.5 Å². The lowest BCUT2D eigenvalue weighted by Crippen LogP contribution is -2.31. The highest BCUT2D eigenvalue weighted by atomic mass is 35.5. The number of rotatable bonds is 14. The van der Waals surface area contributed by atoms with Crippen LogP contribution in [0.3, 0.4) is 0 Å². The molecule has 2 atom stereocenters. The fraction of sp³-hybridized carbons (Fsp3) is 0.377. The molecular weight excluding hydrogens is 940 g/mol. The van der Waals surface area contributed by atoms with Gasteiger partial charge in [0.25, 0.3) is 11.8 Å². The summed E-state index contributed by atoms with van der Waals surface area (Å²) < 4.78 is 18.0. The second-order valence-electron chi connectivity index (χ2n) is 21.4. The number of amides is 2. The predicted octanol–water partition coefficient (Wildman–Crippen LogP) is 12.3. The Bertz CT molecular complexity index is 3100. The van der Waals surface area contributed by atoms with E-state index < -0.39 is 0 Å². The fourth-order valence-corrected chi connectivity index (χ4v) is 11.1. The Labute approximate surface area is 435 Å². The summed E-state index contributed by atoms with van der Waals surface area (Å²) in [6.07, 6.45) is 5.34. The summed E-state index contributed by atoms with van der Waals surface area (Å²) in [4.78, 5) is 35.9. The molecular formula is C61H68Cl2N4O5. The Kier molecular flexibility index (Phi) is 15.1. The molecule has 0 saturated heterocycles. The van der Waals surface area contributed by atoms with Crippen LogP contribution in [0.4, 0.5) is 11.4 Å². The third-order valence-electron chi connectivity index (χ3n) is 14.1. The Morgan fingerprint density at radius 1 is 0.625 bits per heavy atom. The maximum atomic E-state index is 13.9. The van der Waals surface area contributed by atoms with E-state index in [1.54, 1.807) is 0 Å². The smallest absolute Gasteiger partial charge is 0.254 e. The monoisotopic (exact) mass is 1010 g/mol. The van der Waals surface area contributed by atoms with Crippen molar-refractivity contribution in [2.24, 2.45) is 0 Å². The van der Waals surface area contributed by atoms with Gasteiger partial charge in [0.2, 0.25) is 0 Å². The van der Waals surface area contributed by atoms with Crippen molar-refractivity contribution in [1.29, 1.82) is 0 Å². The zero-order valence-electron chi connectivity index (χ0n) is 43.3. The lowest BCUT2D eigenvalue weighted by atomic mass is 9.81. The van der Waals surface area contributed by atoms with E-state index in [0.717, 1.165) is 85.9 Å². The number of fused-ring (bicyclic) bond motifs is 8. The molecule has 0 spiro atoms. The summed E-state index contributed by atoms with van der Waals surface area (Å²) in [5.74, 6) is 3.71. The molecule has 0 unspecified atom stereocenters. The van der Waals surface area contributed by atoms with Gasteiger partial charge in [0.1, 0.15) is 30.5 Å². The second kappa shape index (κ2) is 21.3. The van der Waals surface area contributed by atoms with Crippen LogP contribution in [0.25, 0.3) is 33.7 Å². The summed E-state index contributed by atoms with van der Waals surface area (Å²) in [5, 5.41) is 4.63. The predicted molar refractivity (Wildman–Crippen MR) is 298 cm³/mol. The average molecular weight is 1010 g/mol. The van der Waals surface area contributed by atoms with Gasteiger partial charge in [0.05, 0.1) is 11.8 Å². The third kappa shape index (κ3) is 10.5. The molecule has 10 rings (SSSR count). The Morgan fingerprint density at radius 2 is 1.07 bits per heavy atom. The van der Waals surface area contributed by atoms with Crippen molar-refractivity contribution in [2.45, 2.75) is 70.8 Å². The van der Waals surface area contributed by atoms with Gasteiger partial charge in [0, 0.05) is 90.9 Å². The summed E-state index contributed by atoms with van der Waals surface area (Å²) in [5.41, 5.74) is 11.5. The number of carbonyl (C=O) groups excluding carboxylic acids is 2. The molecule has 2 heterocycles. The van der Waals surface area contributed by atoms with Gasteiger partial charge in [-0.25, -0.2) is 0 Å². The summed E-state index contributed by atoms with van der Waals surface area (Å²) in [6, 6.07) is 33.3. The van der Waals surface area contributed by atoms with Gasteiger partial charge in [0.15, 0.2) is 0 Å². The lowest BCUT2D eigenvalue weighted by molar-refractivity contribution is -0.115. The standard InChI is InChI=1S/C31H35ClN2O2.C30H33ClN2O3/c1-31(2,3)27-17-28-29(26-9-7-6-8-25(26)27)23(18-32)19-34(28)30(35)22-14-20-10-11-24(16-21(20)15-22)36-13-12-33(4)5;1-19(2)36-28-16-27-29(26-8-6-5-7-25(26)28)23(17-31)18-33(27)30(34)22-13-20-9-10-24(15-21(20)14-22)35-12-11-32(3)4/h6-11,15-17,23H,12-14,18-19H2,1-5H3;5-10,14-16,19,23H,11-13,17-18H2,1-4H3/t2*23-/m11/s1. The molecule has 376 valence electrons.